The Bertz CT molecular complexity index is 1340. The van der Waals surface area contributed by atoms with Gasteiger partial charge in [-0.15, -0.1) is 0 Å². The quantitative estimate of drug-likeness (QED) is 0.342. The Morgan fingerprint density at radius 1 is 1.28 bits per heavy atom. The van der Waals surface area contributed by atoms with Crippen LogP contribution >= 0.6 is 0 Å². The molecule has 0 saturated carbocycles. The Morgan fingerprint density at radius 2 is 2.12 bits per heavy atom. The lowest BCUT2D eigenvalue weighted by Crippen LogP contribution is -2.16. The number of nitriles is 1. The van der Waals surface area contributed by atoms with Crippen LogP contribution in [0.3, 0.4) is 0 Å². The normalized spacial score (nSPS) is 10.8. The van der Waals surface area contributed by atoms with E-state index in [0.717, 1.165) is 16.9 Å². The van der Waals surface area contributed by atoms with Crippen molar-refractivity contribution in [3.05, 3.63) is 88.2 Å². The summed E-state index contributed by atoms with van der Waals surface area (Å²) in [5.41, 5.74) is 4.77. The van der Waals surface area contributed by atoms with Crippen LogP contribution in [0.1, 0.15) is 16.7 Å². The van der Waals surface area contributed by atoms with E-state index in [-0.39, 0.29) is 17.2 Å². The van der Waals surface area contributed by atoms with E-state index in [0.29, 0.717) is 12.1 Å². The number of benzene rings is 2. The molecule has 2 aromatic carbocycles. The maximum Gasteiger partial charge on any atom is 0.270 e. The molecule has 0 aliphatic rings. The number of rotatable bonds is 7. The molecule has 0 bridgehead atoms. The lowest BCUT2D eigenvalue weighted by Gasteiger charge is -2.09. The smallest absolute Gasteiger partial charge is 0.270 e. The lowest BCUT2D eigenvalue weighted by molar-refractivity contribution is 0.407. The standard InChI is InChI=1S/C22H18N8O2/c1-32-19-8-7-15(9-17(19)12-30-14-24-13-26-30)11-25-29-22-27-20(16-5-3-2-4-6-16)18(10-23)21(31)28-22/h2-9,11,13-14H,12H2,1H3,(H2,27,28,29,31). The number of nitrogens with zero attached hydrogens (tertiary/aromatic N) is 6. The molecule has 158 valence electrons. The molecular formula is C22H18N8O2. The first-order chi connectivity index (χ1) is 15.7. The van der Waals surface area contributed by atoms with Crippen LogP contribution < -0.4 is 15.7 Å². The van der Waals surface area contributed by atoms with Gasteiger partial charge in [-0.05, 0) is 23.8 Å². The number of aromatic amines is 1. The van der Waals surface area contributed by atoms with E-state index in [9.17, 15) is 10.1 Å². The molecule has 0 aliphatic carbocycles. The van der Waals surface area contributed by atoms with Gasteiger partial charge in [0.25, 0.3) is 5.56 Å². The Balaban J connectivity index is 1.57. The molecule has 0 unspecified atom stereocenters. The van der Waals surface area contributed by atoms with Gasteiger partial charge in [0.05, 0.1) is 25.6 Å². The van der Waals surface area contributed by atoms with Crippen molar-refractivity contribution in [2.75, 3.05) is 12.5 Å². The first-order valence-electron chi connectivity index (χ1n) is 9.56. The summed E-state index contributed by atoms with van der Waals surface area (Å²) in [4.78, 5) is 23.2. The number of ether oxygens (including phenoxy) is 1. The Labute approximate surface area is 182 Å². The third kappa shape index (κ3) is 4.52. The van der Waals surface area contributed by atoms with Crippen LogP contribution in [0.15, 0.2) is 71.1 Å². The van der Waals surface area contributed by atoms with E-state index in [4.69, 9.17) is 4.74 Å². The Hall–Kier alpha value is -4.78. The number of nitrogens with one attached hydrogen (secondary N) is 2. The molecule has 10 heteroatoms. The topological polar surface area (TPSA) is 134 Å². The molecule has 2 heterocycles. The molecule has 32 heavy (non-hydrogen) atoms. The summed E-state index contributed by atoms with van der Waals surface area (Å²) in [5.74, 6) is 0.844. The van der Waals surface area contributed by atoms with Crippen molar-refractivity contribution in [2.24, 2.45) is 5.10 Å². The fourth-order valence-corrected chi connectivity index (χ4v) is 3.09. The SMILES string of the molecule is COc1ccc(C=NNc2nc(-c3ccccc3)c(C#N)c(=O)[nH]2)cc1Cn1cncn1. The molecule has 0 amide bonds. The van der Waals surface area contributed by atoms with Crippen molar-refractivity contribution in [1.82, 2.24) is 24.7 Å². The van der Waals surface area contributed by atoms with Gasteiger partial charge in [-0.3, -0.25) is 9.78 Å². The van der Waals surface area contributed by atoms with Crippen LogP contribution in [0.5, 0.6) is 5.75 Å². The Morgan fingerprint density at radius 3 is 2.84 bits per heavy atom. The lowest BCUT2D eigenvalue weighted by atomic mass is 10.1. The predicted molar refractivity (Wildman–Crippen MR) is 118 cm³/mol. The highest BCUT2D eigenvalue weighted by atomic mass is 16.5. The largest absolute Gasteiger partial charge is 0.496 e. The maximum atomic E-state index is 12.3. The molecule has 0 fully saturated rings. The fraction of sp³-hybridized carbons (Fsp3) is 0.0909. The van der Waals surface area contributed by atoms with Crippen LogP contribution in [0.2, 0.25) is 0 Å². The van der Waals surface area contributed by atoms with E-state index in [1.54, 1.807) is 36.5 Å². The van der Waals surface area contributed by atoms with Gasteiger partial charge >= 0.3 is 0 Å². The molecule has 2 N–H and O–H groups in total. The Kier molecular flexibility index (Phi) is 5.99. The molecule has 0 saturated heterocycles. The summed E-state index contributed by atoms with van der Waals surface area (Å²) < 4.78 is 7.10. The van der Waals surface area contributed by atoms with Crippen molar-refractivity contribution in [3.8, 4) is 23.1 Å². The number of H-pyrrole nitrogens is 1. The minimum absolute atomic E-state index is 0.0568. The first kappa shape index (κ1) is 20.5. The second kappa shape index (κ2) is 9.36. The van der Waals surface area contributed by atoms with Gasteiger partial charge in [-0.25, -0.2) is 20.1 Å². The van der Waals surface area contributed by atoms with Gasteiger partial charge < -0.3 is 4.74 Å². The molecule has 0 atom stereocenters. The van der Waals surface area contributed by atoms with E-state index in [2.05, 4.69) is 30.6 Å². The van der Waals surface area contributed by atoms with Gasteiger partial charge in [0.1, 0.15) is 30.0 Å². The summed E-state index contributed by atoms with van der Waals surface area (Å²) in [5, 5.41) is 17.6. The average Bonchev–Trinajstić information content (AvgIpc) is 3.33. The van der Waals surface area contributed by atoms with Crippen molar-refractivity contribution < 1.29 is 4.74 Å². The third-order valence-electron chi connectivity index (χ3n) is 4.57. The maximum absolute atomic E-state index is 12.3. The number of aromatic nitrogens is 5. The number of methoxy groups -OCH3 is 1. The number of hydrogen-bond donors (Lipinski definition) is 2. The number of hydrazone groups is 1. The van der Waals surface area contributed by atoms with Crippen LogP contribution in [0.25, 0.3) is 11.3 Å². The van der Waals surface area contributed by atoms with Gasteiger partial charge in [-0.2, -0.15) is 15.5 Å². The van der Waals surface area contributed by atoms with Crippen LogP contribution in [-0.2, 0) is 6.54 Å². The zero-order valence-corrected chi connectivity index (χ0v) is 17.1. The van der Waals surface area contributed by atoms with Gasteiger partial charge in [0.15, 0.2) is 0 Å². The zero-order chi connectivity index (χ0) is 22.3. The average molecular weight is 426 g/mol. The first-order valence-corrected chi connectivity index (χ1v) is 9.56. The minimum Gasteiger partial charge on any atom is -0.496 e. The van der Waals surface area contributed by atoms with E-state index in [1.165, 1.54) is 6.33 Å². The van der Waals surface area contributed by atoms with Crippen molar-refractivity contribution >= 4 is 12.2 Å². The molecule has 0 spiro atoms. The van der Waals surface area contributed by atoms with Crippen molar-refractivity contribution in [3.63, 3.8) is 0 Å². The van der Waals surface area contributed by atoms with E-state index in [1.807, 2.05) is 42.5 Å². The molecule has 4 rings (SSSR count). The zero-order valence-electron chi connectivity index (χ0n) is 17.1. The van der Waals surface area contributed by atoms with Crippen molar-refractivity contribution in [1.29, 1.82) is 5.26 Å². The number of hydrogen-bond acceptors (Lipinski definition) is 8. The molecular weight excluding hydrogens is 408 g/mol. The highest BCUT2D eigenvalue weighted by molar-refractivity contribution is 5.81. The summed E-state index contributed by atoms with van der Waals surface area (Å²) in [6.45, 7) is 0.489. The summed E-state index contributed by atoms with van der Waals surface area (Å²) in [6, 6.07) is 16.5. The molecule has 10 nitrogen and oxygen atoms in total. The van der Waals surface area contributed by atoms with Gasteiger partial charge in [0.2, 0.25) is 5.95 Å². The van der Waals surface area contributed by atoms with Gasteiger partial charge in [0, 0.05) is 11.1 Å². The van der Waals surface area contributed by atoms with Crippen LogP contribution in [0.4, 0.5) is 5.95 Å². The van der Waals surface area contributed by atoms with E-state index >= 15 is 0 Å². The van der Waals surface area contributed by atoms with Gasteiger partial charge in [-0.1, -0.05) is 30.3 Å². The summed E-state index contributed by atoms with van der Waals surface area (Å²) >= 11 is 0. The highest BCUT2D eigenvalue weighted by Crippen LogP contribution is 2.21. The van der Waals surface area contributed by atoms with Crippen molar-refractivity contribution in [2.45, 2.75) is 6.54 Å². The highest BCUT2D eigenvalue weighted by Gasteiger charge is 2.13. The second-order valence-corrected chi connectivity index (χ2v) is 6.65. The molecule has 2 aromatic heterocycles. The van der Waals surface area contributed by atoms with Crippen LogP contribution in [0, 0.1) is 11.3 Å². The molecule has 0 aliphatic heterocycles. The third-order valence-corrected chi connectivity index (χ3v) is 4.57. The fourth-order valence-electron chi connectivity index (χ4n) is 3.09. The second-order valence-electron chi connectivity index (χ2n) is 6.65. The number of anilines is 1. The monoisotopic (exact) mass is 426 g/mol. The summed E-state index contributed by atoms with van der Waals surface area (Å²) in [6.07, 6.45) is 4.68. The van der Waals surface area contributed by atoms with E-state index < -0.39 is 5.56 Å². The predicted octanol–water partition coefficient (Wildman–Crippen LogP) is 2.40. The molecule has 0 radical (unpaired) electrons. The summed E-state index contributed by atoms with van der Waals surface area (Å²) in [7, 11) is 1.60. The molecule has 4 aromatic rings. The van der Waals surface area contributed by atoms with Crippen LogP contribution in [-0.4, -0.2) is 38.1 Å². The minimum atomic E-state index is -0.543.